The van der Waals surface area contributed by atoms with Crippen molar-refractivity contribution in [3.63, 3.8) is 0 Å². The molecular formula is C20H22N4O4. The maximum Gasteiger partial charge on any atom is 0.293 e. The number of nitro groups is 1. The van der Waals surface area contributed by atoms with Crippen LogP contribution >= 0.6 is 0 Å². The van der Waals surface area contributed by atoms with Crippen LogP contribution in [0.25, 0.3) is 0 Å². The molecule has 1 aliphatic heterocycles. The van der Waals surface area contributed by atoms with Gasteiger partial charge in [0, 0.05) is 38.8 Å². The summed E-state index contributed by atoms with van der Waals surface area (Å²) in [4.78, 5) is 15.3. The van der Waals surface area contributed by atoms with Crippen molar-refractivity contribution in [3.05, 3.63) is 57.6 Å². The molecule has 0 atom stereocenters. The van der Waals surface area contributed by atoms with E-state index in [4.69, 9.17) is 14.7 Å². The van der Waals surface area contributed by atoms with Gasteiger partial charge in [-0.05, 0) is 29.8 Å². The maximum atomic E-state index is 11.4. The zero-order chi connectivity index (χ0) is 20.1. The average Bonchev–Trinajstić information content (AvgIpc) is 2.73. The summed E-state index contributed by atoms with van der Waals surface area (Å²) in [6, 6.07) is 12.5. The van der Waals surface area contributed by atoms with E-state index in [-0.39, 0.29) is 5.69 Å². The van der Waals surface area contributed by atoms with E-state index in [1.807, 2.05) is 29.2 Å². The highest BCUT2D eigenvalue weighted by Crippen LogP contribution is 2.31. The Morgan fingerprint density at radius 3 is 2.39 bits per heavy atom. The number of methoxy groups -OCH3 is 2. The Bertz CT molecular complexity index is 902. The standard InChI is InChI=1S/C20H22N4O4/c1-27-19-6-4-16(12-20(19)28-2)14-22-7-9-23(10-8-22)17-5-3-15(13-21)11-18(17)24(25)26/h3-6,11-12H,7-10,14H2,1-2H3. The zero-order valence-electron chi connectivity index (χ0n) is 15.9. The smallest absolute Gasteiger partial charge is 0.293 e. The van der Waals surface area contributed by atoms with Gasteiger partial charge < -0.3 is 14.4 Å². The zero-order valence-corrected chi connectivity index (χ0v) is 15.9. The predicted octanol–water partition coefficient (Wildman–Crippen LogP) is 2.81. The molecule has 1 aliphatic rings. The molecule has 0 unspecified atom stereocenters. The van der Waals surface area contributed by atoms with Crippen molar-refractivity contribution in [1.29, 1.82) is 5.26 Å². The van der Waals surface area contributed by atoms with Gasteiger partial charge in [-0.2, -0.15) is 5.26 Å². The van der Waals surface area contributed by atoms with E-state index in [1.165, 1.54) is 6.07 Å². The van der Waals surface area contributed by atoms with Crippen molar-refractivity contribution in [2.75, 3.05) is 45.3 Å². The quantitative estimate of drug-likeness (QED) is 0.560. The summed E-state index contributed by atoms with van der Waals surface area (Å²) < 4.78 is 10.6. The first-order chi connectivity index (χ1) is 13.5. The van der Waals surface area contributed by atoms with Crippen LogP contribution in [0.2, 0.25) is 0 Å². The van der Waals surface area contributed by atoms with Gasteiger partial charge in [0.05, 0.1) is 30.8 Å². The van der Waals surface area contributed by atoms with Gasteiger partial charge in [0.15, 0.2) is 11.5 Å². The van der Waals surface area contributed by atoms with Crippen LogP contribution in [0.5, 0.6) is 11.5 Å². The fourth-order valence-electron chi connectivity index (χ4n) is 3.39. The van der Waals surface area contributed by atoms with E-state index in [1.54, 1.807) is 26.4 Å². The van der Waals surface area contributed by atoms with Gasteiger partial charge in [-0.1, -0.05) is 6.07 Å². The molecule has 0 radical (unpaired) electrons. The Morgan fingerprint density at radius 1 is 1.07 bits per heavy atom. The molecule has 1 heterocycles. The normalized spacial score (nSPS) is 14.4. The first kappa shape index (κ1) is 19.5. The first-order valence-electron chi connectivity index (χ1n) is 8.92. The molecular weight excluding hydrogens is 360 g/mol. The SMILES string of the molecule is COc1ccc(CN2CCN(c3ccc(C#N)cc3[N+](=O)[O-])CC2)cc1OC. The monoisotopic (exact) mass is 382 g/mol. The van der Waals surface area contributed by atoms with E-state index in [9.17, 15) is 10.1 Å². The Labute approximate surface area is 163 Å². The lowest BCUT2D eigenvalue weighted by Crippen LogP contribution is -2.46. The van der Waals surface area contributed by atoms with Crippen molar-refractivity contribution in [3.8, 4) is 17.6 Å². The van der Waals surface area contributed by atoms with Crippen LogP contribution in [0.1, 0.15) is 11.1 Å². The van der Waals surface area contributed by atoms with Gasteiger partial charge in [0.2, 0.25) is 0 Å². The number of anilines is 1. The highest BCUT2D eigenvalue weighted by atomic mass is 16.6. The highest BCUT2D eigenvalue weighted by molar-refractivity contribution is 5.65. The Kier molecular flexibility index (Phi) is 5.96. The molecule has 8 nitrogen and oxygen atoms in total. The lowest BCUT2D eigenvalue weighted by Gasteiger charge is -2.35. The number of hydrogen-bond acceptors (Lipinski definition) is 7. The van der Waals surface area contributed by atoms with Crippen LogP contribution in [-0.2, 0) is 6.54 Å². The molecule has 146 valence electrons. The van der Waals surface area contributed by atoms with Crippen LogP contribution in [-0.4, -0.2) is 50.2 Å². The number of piperazine rings is 1. The van der Waals surface area contributed by atoms with Crippen LogP contribution < -0.4 is 14.4 Å². The second kappa shape index (κ2) is 8.59. The molecule has 2 aromatic carbocycles. The molecule has 0 saturated carbocycles. The number of ether oxygens (including phenoxy) is 2. The minimum Gasteiger partial charge on any atom is -0.493 e. The van der Waals surface area contributed by atoms with Crippen molar-refractivity contribution < 1.29 is 14.4 Å². The van der Waals surface area contributed by atoms with E-state index < -0.39 is 4.92 Å². The average molecular weight is 382 g/mol. The van der Waals surface area contributed by atoms with Gasteiger partial charge >= 0.3 is 0 Å². The molecule has 0 bridgehead atoms. The summed E-state index contributed by atoms with van der Waals surface area (Å²) in [5.74, 6) is 1.40. The topological polar surface area (TPSA) is 91.9 Å². The van der Waals surface area contributed by atoms with Crippen molar-refractivity contribution in [2.45, 2.75) is 6.54 Å². The molecule has 0 aliphatic carbocycles. The minimum absolute atomic E-state index is 0.0209. The summed E-state index contributed by atoms with van der Waals surface area (Å²) in [5.41, 5.74) is 1.96. The van der Waals surface area contributed by atoms with E-state index >= 15 is 0 Å². The number of benzene rings is 2. The lowest BCUT2D eigenvalue weighted by atomic mass is 10.1. The van der Waals surface area contributed by atoms with Crippen LogP contribution in [0.3, 0.4) is 0 Å². The highest BCUT2D eigenvalue weighted by Gasteiger charge is 2.24. The van der Waals surface area contributed by atoms with Crippen LogP contribution in [0.4, 0.5) is 11.4 Å². The predicted molar refractivity (Wildman–Crippen MR) is 105 cm³/mol. The molecule has 0 spiro atoms. The number of rotatable bonds is 6. The summed E-state index contributed by atoms with van der Waals surface area (Å²) >= 11 is 0. The van der Waals surface area contributed by atoms with Crippen LogP contribution in [0.15, 0.2) is 36.4 Å². The summed E-state index contributed by atoms with van der Waals surface area (Å²) in [5, 5.41) is 20.4. The van der Waals surface area contributed by atoms with Crippen molar-refractivity contribution in [1.82, 2.24) is 4.90 Å². The molecule has 3 rings (SSSR count). The summed E-state index contributed by atoms with van der Waals surface area (Å²) in [6.45, 7) is 3.70. The number of nitro benzene ring substituents is 1. The third-order valence-corrected chi connectivity index (χ3v) is 4.87. The number of hydrogen-bond donors (Lipinski definition) is 0. The second-order valence-electron chi connectivity index (χ2n) is 6.52. The van der Waals surface area contributed by atoms with Gasteiger partial charge in [-0.3, -0.25) is 15.0 Å². The first-order valence-corrected chi connectivity index (χ1v) is 8.92. The van der Waals surface area contributed by atoms with Crippen LogP contribution in [0, 0.1) is 21.4 Å². The fraction of sp³-hybridized carbons (Fsp3) is 0.350. The van der Waals surface area contributed by atoms with E-state index in [0.717, 1.165) is 25.2 Å². The third-order valence-electron chi connectivity index (χ3n) is 4.87. The molecule has 8 heteroatoms. The van der Waals surface area contributed by atoms with Gasteiger partial charge in [-0.15, -0.1) is 0 Å². The Hall–Kier alpha value is -3.31. The third kappa shape index (κ3) is 4.15. The van der Waals surface area contributed by atoms with Crippen molar-refractivity contribution >= 4 is 11.4 Å². The van der Waals surface area contributed by atoms with Gasteiger partial charge in [0.25, 0.3) is 5.69 Å². The largest absolute Gasteiger partial charge is 0.493 e. The Morgan fingerprint density at radius 2 is 1.79 bits per heavy atom. The maximum absolute atomic E-state index is 11.4. The van der Waals surface area contributed by atoms with E-state index in [2.05, 4.69) is 4.90 Å². The Balaban J connectivity index is 1.67. The van der Waals surface area contributed by atoms with E-state index in [0.29, 0.717) is 35.8 Å². The molecule has 28 heavy (non-hydrogen) atoms. The summed E-state index contributed by atoms with van der Waals surface area (Å²) in [6.07, 6.45) is 0. The molecule has 0 N–H and O–H groups in total. The summed E-state index contributed by atoms with van der Waals surface area (Å²) in [7, 11) is 3.23. The fourth-order valence-corrected chi connectivity index (χ4v) is 3.39. The molecule has 1 fully saturated rings. The van der Waals surface area contributed by atoms with Gasteiger partial charge in [-0.25, -0.2) is 0 Å². The molecule has 0 aromatic heterocycles. The second-order valence-corrected chi connectivity index (χ2v) is 6.52. The van der Waals surface area contributed by atoms with Gasteiger partial charge in [0.1, 0.15) is 5.69 Å². The molecule has 2 aromatic rings. The molecule has 1 saturated heterocycles. The minimum atomic E-state index is -0.424. The number of nitrogens with zero attached hydrogens (tertiary/aromatic N) is 4. The molecule has 0 amide bonds. The lowest BCUT2D eigenvalue weighted by molar-refractivity contribution is -0.384. The van der Waals surface area contributed by atoms with Crippen molar-refractivity contribution in [2.24, 2.45) is 0 Å². The number of nitriles is 1.